The van der Waals surface area contributed by atoms with Crippen molar-refractivity contribution in [1.29, 1.82) is 0 Å². The van der Waals surface area contributed by atoms with Crippen LogP contribution in [0.5, 0.6) is 0 Å². The Morgan fingerprint density at radius 3 is 2.70 bits per heavy atom. The van der Waals surface area contributed by atoms with E-state index in [4.69, 9.17) is 0 Å². The standard InChI is InChI=1S/C25H29N5O3/c1-17-8-10-20(11-9-17)28-25(33)26-13-19-6-4-12-29(14-19)22(31)15-30-16-27-23-18(2)5-3-7-21(23)24(30)32/h3,5,7-11,16,19H,4,6,12-15H2,1-2H3,(H2,26,28,33)/t19-/m1/s1. The van der Waals surface area contributed by atoms with Crippen LogP contribution in [0, 0.1) is 19.8 Å². The van der Waals surface area contributed by atoms with E-state index in [1.807, 2.05) is 50.2 Å². The molecule has 0 spiro atoms. The molecule has 0 radical (unpaired) electrons. The first-order valence-corrected chi connectivity index (χ1v) is 11.2. The summed E-state index contributed by atoms with van der Waals surface area (Å²) in [7, 11) is 0. The molecule has 1 aromatic heterocycles. The van der Waals surface area contributed by atoms with Gasteiger partial charge in [-0.1, -0.05) is 29.8 Å². The van der Waals surface area contributed by atoms with Crippen molar-refractivity contribution in [2.75, 3.05) is 25.0 Å². The number of carbonyl (C=O) groups excluding carboxylic acids is 2. The Hall–Kier alpha value is -3.68. The Morgan fingerprint density at radius 1 is 1.12 bits per heavy atom. The highest BCUT2D eigenvalue weighted by Crippen LogP contribution is 2.17. The zero-order chi connectivity index (χ0) is 23.4. The normalized spacial score (nSPS) is 15.9. The Kier molecular flexibility index (Phi) is 6.72. The van der Waals surface area contributed by atoms with Crippen LogP contribution < -0.4 is 16.2 Å². The molecule has 1 aliphatic rings. The number of nitrogens with one attached hydrogen (secondary N) is 2. The highest BCUT2D eigenvalue weighted by molar-refractivity contribution is 5.89. The minimum atomic E-state index is -0.258. The van der Waals surface area contributed by atoms with E-state index < -0.39 is 0 Å². The average molecular weight is 448 g/mol. The van der Waals surface area contributed by atoms with Gasteiger partial charge in [0.1, 0.15) is 6.54 Å². The minimum absolute atomic E-state index is 0.0379. The zero-order valence-corrected chi connectivity index (χ0v) is 19.0. The number of fused-ring (bicyclic) bond motifs is 1. The highest BCUT2D eigenvalue weighted by Gasteiger charge is 2.24. The van der Waals surface area contributed by atoms with Gasteiger partial charge in [-0.2, -0.15) is 0 Å². The molecular formula is C25H29N5O3. The fourth-order valence-electron chi connectivity index (χ4n) is 4.20. The third kappa shape index (κ3) is 5.39. The first-order valence-electron chi connectivity index (χ1n) is 11.2. The average Bonchev–Trinajstić information content (AvgIpc) is 2.81. The molecule has 0 aliphatic carbocycles. The summed E-state index contributed by atoms with van der Waals surface area (Å²) in [5.74, 6) is 0.0558. The maximum atomic E-state index is 12.9. The fourth-order valence-corrected chi connectivity index (χ4v) is 4.20. The molecule has 3 amide bonds. The lowest BCUT2D eigenvalue weighted by atomic mass is 9.98. The van der Waals surface area contributed by atoms with Gasteiger partial charge in [0.2, 0.25) is 5.91 Å². The van der Waals surface area contributed by atoms with Crippen LogP contribution >= 0.6 is 0 Å². The second-order valence-corrected chi connectivity index (χ2v) is 8.70. The molecule has 3 aromatic rings. The van der Waals surface area contributed by atoms with Gasteiger partial charge in [0.05, 0.1) is 17.2 Å². The number of benzene rings is 2. The van der Waals surface area contributed by atoms with E-state index in [0.717, 1.165) is 29.7 Å². The Morgan fingerprint density at radius 2 is 1.91 bits per heavy atom. The first kappa shape index (κ1) is 22.5. The summed E-state index contributed by atoms with van der Waals surface area (Å²) in [5, 5.41) is 6.25. The van der Waals surface area contributed by atoms with Crippen LogP contribution in [-0.4, -0.2) is 46.0 Å². The number of aromatic nitrogens is 2. The Labute approximate surface area is 192 Å². The largest absolute Gasteiger partial charge is 0.341 e. The molecule has 1 atom stereocenters. The van der Waals surface area contributed by atoms with Crippen LogP contribution in [0.3, 0.4) is 0 Å². The lowest BCUT2D eigenvalue weighted by Crippen LogP contribution is -2.46. The highest BCUT2D eigenvalue weighted by atomic mass is 16.2. The number of piperidine rings is 1. The van der Waals surface area contributed by atoms with Gasteiger partial charge in [-0.15, -0.1) is 0 Å². The number of urea groups is 1. The summed E-state index contributed by atoms with van der Waals surface area (Å²) in [6.07, 6.45) is 3.25. The number of para-hydroxylation sites is 1. The number of nitrogens with zero attached hydrogens (tertiary/aromatic N) is 3. The lowest BCUT2D eigenvalue weighted by molar-refractivity contribution is -0.133. The molecule has 0 saturated carbocycles. The summed E-state index contributed by atoms with van der Waals surface area (Å²) < 4.78 is 1.38. The van der Waals surface area contributed by atoms with E-state index in [9.17, 15) is 14.4 Å². The third-order valence-electron chi connectivity index (χ3n) is 6.09. The van der Waals surface area contributed by atoms with Gasteiger partial charge in [-0.05, 0) is 56.4 Å². The number of anilines is 1. The van der Waals surface area contributed by atoms with Crippen LogP contribution in [-0.2, 0) is 11.3 Å². The molecule has 4 rings (SSSR count). The maximum Gasteiger partial charge on any atom is 0.319 e. The zero-order valence-electron chi connectivity index (χ0n) is 19.0. The van der Waals surface area contributed by atoms with Crippen LogP contribution in [0.4, 0.5) is 10.5 Å². The quantitative estimate of drug-likeness (QED) is 0.628. The number of aryl methyl sites for hydroxylation is 2. The smallest absolute Gasteiger partial charge is 0.319 e. The van der Waals surface area contributed by atoms with Crippen molar-refractivity contribution in [2.45, 2.75) is 33.2 Å². The summed E-state index contributed by atoms with van der Waals surface area (Å²) in [6.45, 7) is 5.56. The number of carbonyl (C=O) groups is 2. The minimum Gasteiger partial charge on any atom is -0.341 e. The van der Waals surface area contributed by atoms with Crippen LogP contribution in [0.25, 0.3) is 10.9 Å². The summed E-state index contributed by atoms with van der Waals surface area (Å²) in [4.78, 5) is 44.1. The molecule has 2 heterocycles. The van der Waals surface area contributed by atoms with Gasteiger partial charge < -0.3 is 15.5 Å². The Balaban J connectivity index is 1.32. The number of rotatable bonds is 5. The second-order valence-electron chi connectivity index (χ2n) is 8.70. The molecule has 0 unspecified atom stereocenters. The van der Waals surface area contributed by atoms with Gasteiger partial charge in [0.15, 0.2) is 0 Å². The molecule has 8 heteroatoms. The van der Waals surface area contributed by atoms with Crippen molar-refractivity contribution in [3.8, 4) is 0 Å². The summed E-state index contributed by atoms with van der Waals surface area (Å²) >= 11 is 0. The Bertz CT molecular complexity index is 1220. The molecule has 0 bridgehead atoms. The van der Waals surface area contributed by atoms with E-state index in [-0.39, 0.29) is 30.0 Å². The van der Waals surface area contributed by atoms with Gasteiger partial charge in [0.25, 0.3) is 5.56 Å². The number of hydrogen-bond donors (Lipinski definition) is 2. The van der Waals surface area contributed by atoms with Crippen molar-refractivity contribution in [2.24, 2.45) is 5.92 Å². The van der Waals surface area contributed by atoms with E-state index in [1.54, 1.807) is 11.0 Å². The van der Waals surface area contributed by atoms with Gasteiger partial charge in [0, 0.05) is 25.3 Å². The van der Waals surface area contributed by atoms with Crippen LogP contribution in [0.1, 0.15) is 24.0 Å². The molecule has 33 heavy (non-hydrogen) atoms. The maximum absolute atomic E-state index is 12.9. The molecule has 2 aromatic carbocycles. The number of likely N-dealkylation sites (tertiary alicyclic amines) is 1. The van der Waals surface area contributed by atoms with Gasteiger partial charge in [-0.3, -0.25) is 14.2 Å². The van der Waals surface area contributed by atoms with Gasteiger partial charge in [-0.25, -0.2) is 9.78 Å². The molecule has 1 aliphatic heterocycles. The molecule has 172 valence electrons. The molecule has 1 saturated heterocycles. The summed E-state index contributed by atoms with van der Waals surface area (Å²) in [6, 6.07) is 12.8. The predicted molar refractivity (Wildman–Crippen MR) is 128 cm³/mol. The van der Waals surface area contributed by atoms with E-state index in [0.29, 0.717) is 30.5 Å². The SMILES string of the molecule is Cc1ccc(NC(=O)NC[C@H]2CCCN(C(=O)Cn3cnc4c(C)cccc4c3=O)C2)cc1. The molecule has 1 fully saturated rings. The van der Waals surface area contributed by atoms with E-state index in [2.05, 4.69) is 15.6 Å². The van der Waals surface area contributed by atoms with Crippen molar-refractivity contribution in [3.05, 3.63) is 70.3 Å². The molecular weight excluding hydrogens is 418 g/mol. The molecule has 2 N–H and O–H groups in total. The van der Waals surface area contributed by atoms with E-state index in [1.165, 1.54) is 10.9 Å². The van der Waals surface area contributed by atoms with Crippen molar-refractivity contribution >= 4 is 28.5 Å². The monoisotopic (exact) mass is 447 g/mol. The number of hydrogen-bond acceptors (Lipinski definition) is 4. The van der Waals surface area contributed by atoms with Crippen molar-refractivity contribution < 1.29 is 9.59 Å². The third-order valence-corrected chi connectivity index (χ3v) is 6.09. The number of amides is 3. The summed E-state index contributed by atoms with van der Waals surface area (Å²) in [5.41, 5.74) is 3.26. The van der Waals surface area contributed by atoms with Crippen molar-refractivity contribution in [1.82, 2.24) is 19.8 Å². The van der Waals surface area contributed by atoms with Crippen LogP contribution in [0.15, 0.2) is 53.6 Å². The van der Waals surface area contributed by atoms with Crippen LogP contribution in [0.2, 0.25) is 0 Å². The second kappa shape index (κ2) is 9.85. The topological polar surface area (TPSA) is 96.3 Å². The van der Waals surface area contributed by atoms with E-state index >= 15 is 0 Å². The van der Waals surface area contributed by atoms with Gasteiger partial charge >= 0.3 is 6.03 Å². The van der Waals surface area contributed by atoms with Crippen molar-refractivity contribution in [3.63, 3.8) is 0 Å². The first-order chi connectivity index (χ1) is 15.9. The lowest BCUT2D eigenvalue weighted by Gasteiger charge is -2.33. The fraction of sp³-hybridized carbons (Fsp3) is 0.360. The molecule has 8 nitrogen and oxygen atoms in total. The predicted octanol–water partition coefficient (Wildman–Crippen LogP) is 3.07.